The third-order valence-corrected chi connectivity index (χ3v) is 6.10. The van der Waals surface area contributed by atoms with Crippen LogP contribution < -0.4 is 16.0 Å². The lowest BCUT2D eigenvalue weighted by Crippen LogP contribution is -2.61. The molecular weight excluding hydrogens is 338 g/mol. The summed E-state index contributed by atoms with van der Waals surface area (Å²) in [4.78, 5) is 34.8. The van der Waals surface area contributed by atoms with Crippen molar-refractivity contribution in [3.05, 3.63) is 0 Å². The molecule has 4 saturated carbocycles. The maximum atomic E-state index is 12.3. The number of aliphatic carboxylic acids is 1. The Labute approximate surface area is 153 Å². The highest BCUT2D eigenvalue weighted by atomic mass is 16.5. The van der Waals surface area contributed by atoms with E-state index in [4.69, 9.17) is 9.84 Å². The number of hydrogen-bond acceptors (Lipinski definition) is 4. The van der Waals surface area contributed by atoms with Crippen LogP contribution in [0.1, 0.15) is 44.9 Å². The van der Waals surface area contributed by atoms with Crippen molar-refractivity contribution < 1.29 is 24.2 Å². The van der Waals surface area contributed by atoms with Crippen LogP contribution in [-0.4, -0.2) is 54.9 Å². The van der Waals surface area contributed by atoms with Gasteiger partial charge in [-0.15, -0.1) is 0 Å². The van der Waals surface area contributed by atoms with Gasteiger partial charge >= 0.3 is 12.0 Å². The van der Waals surface area contributed by atoms with Crippen LogP contribution >= 0.6 is 0 Å². The third kappa shape index (κ3) is 4.47. The van der Waals surface area contributed by atoms with Crippen LogP contribution in [0.15, 0.2) is 0 Å². The number of urea groups is 1. The number of carboxylic acids is 1. The van der Waals surface area contributed by atoms with E-state index < -0.39 is 12.1 Å². The average molecular weight is 367 g/mol. The first-order valence-electron chi connectivity index (χ1n) is 9.47. The van der Waals surface area contributed by atoms with E-state index in [1.54, 1.807) is 0 Å². The molecule has 1 unspecified atom stereocenters. The molecule has 1 atom stereocenters. The number of amides is 3. The number of nitrogens with one attached hydrogen (secondary N) is 3. The Bertz CT molecular complexity index is 530. The smallest absolute Gasteiger partial charge is 0.334 e. The van der Waals surface area contributed by atoms with Gasteiger partial charge in [-0.2, -0.15) is 0 Å². The molecule has 26 heavy (non-hydrogen) atoms. The quantitative estimate of drug-likeness (QED) is 0.508. The molecule has 4 fully saturated rings. The number of carbonyl (C=O) groups excluding carboxylic acids is 2. The fourth-order valence-corrected chi connectivity index (χ4v) is 5.40. The monoisotopic (exact) mass is 367 g/mol. The van der Waals surface area contributed by atoms with Gasteiger partial charge in [0, 0.05) is 25.6 Å². The van der Waals surface area contributed by atoms with Crippen LogP contribution in [0.4, 0.5) is 4.79 Å². The number of ether oxygens (including phenoxy) is 1. The summed E-state index contributed by atoms with van der Waals surface area (Å²) in [5, 5.41) is 17.3. The Morgan fingerprint density at radius 3 is 2.15 bits per heavy atom. The predicted molar refractivity (Wildman–Crippen MR) is 93.5 cm³/mol. The van der Waals surface area contributed by atoms with Gasteiger partial charge in [-0.3, -0.25) is 4.79 Å². The predicted octanol–water partition coefficient (Wildman–Crippen LogP) is 0.860. The fraction of sp³-hybridized carbons (Fsp3) is 0.833. The van der Waals surface area contributed by atoms with Crippen LogP contribution in [-0.2, 0) is 14.3 Å². The lowest BCUT2D eigenvalue weighted by atomic mass is 9.53. The summed E-state index contributed by atoms with van der Waals surface area (Å²) in [7, 11) is 1.28. The van der Waals surface area contributed by atoms with Crippen LogP contribution in [0.2, 0.25) is 0 Å². The zero-order valence-corrected chi connectivity index (χ0v) is 15.3. The van der Waals surface area contributed by atoms with Crippen LogP contribution in [0.3, 0.4) is 0 Å². The molecule has 4 aliphatic carbocycles. The highest BCUT2D eigenvalue weighted by Crippen LogP contribution is 2.55. The van der Waals surface area contributed by atoms with E-state index in [-0.39, 0.29) is 37.0 Å². The molecule has 0 saturated heterocycles. The van der Waals surface area contributed by atoms with Crippen molar-refractivity contribution in [2.24, 2.45) is 17.8 Å². The highest BCUT2D eigenvalue weighted by molar-refractivity contribution is 5.79. The molecule has 4 aliphatic rings. The molecule has 0 aromatic carbocycles. The van der Waals surface area contributed by atoms with Crippen molar-refractivity contribution in [1.82, 2.24) is 16.0 Å². The third-order valence-electron chi connectivity index (χ3n) is 6.10. The SMILES string of the molecule is COC(CNC(=O)CCNC(=O)NC12CC3CC(CC(C3)C1)C2)C(=O)O. The summed E-state index contributed by atoms with van der Waals surface area (Å²) in [5.41, 5.74) is -0.0474. The Hall–Kier alpha value is -1.83. The summed E-state index contributed by atoms with van der Waals surface area (Å²) in [6.45, 7) is 0.124. The van der Waals surface area contributed by atoms with Crippen LogP contribution in [0.5, 0.6) is 0 Å². The number of carbonyl (C=O) groups is 3. The molecule has 0 aromatic rings. The van der Waals surface area contributed by atoms with Crippen LogP contribution in [0.25, 0.3) is 0 Å². The number of methoxy groups -OCH3 is 1. The minimum atomic E-state index is -1.12. The molecule has 3 amide bonds. The molecule has 8 heteroatoms. The lowest BCUT2D eigenvalue weighted by Gasteiger charge is -2.56. The van der Waals surface area contributed by atoms with Crippen molar-refractivity contribution in [2.45, 2.75) is 56.6 Å². The van der Waals surface area contributed by atoms with Gasteiger partial charge < -0.3 is 25.8 Å². The Kier molecular flexibility index (Phi) is 5.70. The summed E-state index contributed by atoms with van der Waals surface area (Å²) >= 11 is 0. The zero-order valence-electron chi connectivity index (χ0n) is 15.3. The Morgan fingerprint density at radius 1 is 1.08 bits per heavy atom. The summed E-state index contributed by atoms with van der Waals surface area (Å²) in [6, 6.07) is -0.208. The first-order chi connectivity index (χ1) is 12.4. The molecule has 0 spiro atoms. The normalized spacial score (nSPS) is 32.7. The largest absolute Gasteiger partial charge is 0.479 e. The summed E-state index contributed by atoms with van der Waals surface area (Å²) in [5.74, 6) is 0.838. The second kappa shape index (κ2) is 7.82. The van der Waals surface area contributed by atoms with Gasteiger partial charge in [0.25, 0.3) is 0 Å². The molecule has 0 heterocycles. The van der Waals surface area contributed by atoms with Gasteiger partial charge in [-0.1, -0.05) is 0 Å². The summed E-state index contributed by atoms with van der Waals surface area (Å²) in [6.07, 6.45) is 6.25. The van der Waals surface area contributed by atoms with E-state index in [0.717, 1.165) is 37.0 Å². The number of carboxylic acid groups (broad SMARTS) is 1. The van der Waals surface area contributed by atoms with E-state index in [9.17, 15) is 14.4 Å². The van der Waals surface area contributed by atoms with Gasteiger partial charge in [0.05, 0.1) is 6.54 Å². The van der Waals surface area contributed by atoms with Crippen molar-refractivity contribution in [2.75, 3.05) is 20.2 Å². The molecule has 4 N–H and O–H groups in total. The van der Waals surface area contributed by atoms with Gasteiger partial charge in [-0.05, 0) is 56.3 Å². The van der Waals surface area contributed by atoms with E-state index >= 15 is 0 Å². The standard InChI is InChI=1S/C18H29N3O5/c1-26-14(16(23)24)10-20-15(22)2-3-19-17(25)21-18-7-11-4-12(8-18)6-13(5-11)9-18/h11-14H,2-10H2,1H3,(H,20,22)(H,23,24)(H2,19,21,25). The molecule has 146 valence electrons. The van der Waals surface area contributed by atoms with E-state index in [1.165, 1.54) is 26.4 Å². The maximum Gasteiger partial charge on any atom is 0.334 e. The molecule has 0 radical (unpaired) electrons. The second-order valence-corrected chi connectivity index (χ2v) is 8.20. The van der Waals surface area contributed by atoms with Crippen molar-refractivity contribution in [3.8, 4) is 0 Å². The van der Waals surface area contributed by atoms with Gasteiger partial charge in [0.1, 0.15) is 0 Å². The molecule has 4 rings (SSSR count). The molecular formula is C18H29N3O5. The van der Waals surface area contributed by atoms with Gasteiger partial charge in [0.15, 0.2) is 6.10 Å². The number of hydrogen-bond donors (Lipinski definition) is 4. The van der Waals surface area contributed by atoms with Crippen molar-refractivity contribution >= 4 is 17.9 Å². The molecule has 8 nitrogen and oxygen atoms in total. The maximum absolute atomic E-state index is 12.3. The molecule has 4 bridgehead atoms. The Balaban J connectivity index is 1.36. The highest BCUT2D eigenvalue weighted by Gasteiger charge is 2.51. The second-order valence-electron chi connectivity index (χ2n) is 8.20. The van der Waals surface area contributed by atoms with E-state index in [1.807, 2.05) is 0 Å². The fourth-order valence-electron chi connectivity index (χ4n) is 5.40. The van der Waals surface area contributed by atoms with Crippen LogP contribution in [0, 0.1) is 17.8 Å². The lowest BCUT2D eigenvalue weighted by molar-refractivity contribution is -0.148. The van der Waals surface area contributed by atoms with E-state index in [2.05, 4.69) is 16.0 Å². The number of rotatable bonds is 8. The van der Waals surface area contributed by atoms with Gasteiger partial charge in [0.2, 0.25) is 5.91 Å². The molecule has 0 aromatic heterocycles. The topological polar surface area (TPSA) is 117 Å². The first-order valence-corrected chi connectivity index (χ1v) is 9.47. The zero-order chi connectivity index (χ0) is 18.7. The first kappa shape index (κ1) is 18.9. The van der Waals surface area contributed by atoms with Crippen molar-refractivity contribution in [1.29, 1.82) is 0 Å². The molecule has 0 aliphatic heterocycles. The van der Waals surface area contributed by atoms with Crippen molar-refractivity contribution in [3.63, 3.8) is 0 Å². The van der Waals surface area contributed by atoms with E-state index in [0.29, 0.717) is 0 Å². The minimum Gasteiger partial charge on any atom is -0.479 e. The Morgan fingerprint density at radius 2 is 1.65 bits per heavy atom. The summed E-state index contributed by atoms with van der Waals surface area (Å²) < 4.78 is 4.75. The average Bonchev–Trinajstić information content (AvgIpc) is 2.53. The minimum absolute atomic E-state index is 0.0474. The van der Waals surface area contributed by atoms with Gasteiger partial charge in [-0.25, -0.2) is 9.59 Å².